The summed E-state index contributed by atoms with van der Waals surface area (Å²) in [5.74, 6) is -1.10. The van der Waals surface area contributed by atoms with E-state index in [1.54, 1.807) is 30.3 Å². The normalized spacial score (nSPS) is 13.1. The number of hydrogen-bond acceptors (Lipinski definition) is 5. The standard InChI is InChI=1S/C21H16N2O4/c1-27-21(26)18-12-13(14-6-4-5-9-17(14)22-18)10-11-23-19(24)15-7-2-3-8-16(15)20(23)25/h2-9,12H,10-11H2,1H3. The third kappa shape index (κ3) is 2.85. The van der Waals surface area contributed by atoms with Gasteiger partial charge in [-0.1, -0.05) is 30.3 Å². The Balaban J connectivity index is 1.66. The number of benzene rings is 2. The van der Waals surface area contributed by atoms with Crippen molar-refractivity contribution >= 4 is 28.7 Å². The summed E-state index contributed by atoms with van der Waals surface area (Å²) in [5.41, 5.74) is 2.55. The molecular formula is C21H16N2O4. The van der Waals surface area contributed by atoms with Crippen LogP contribution in [-0.4, -0.2) is 41.3 Å². The van der Waals surface area contributed by atoms with Crippen molar-refractivity contribution in [3.05, 3.63) is 77.0 Å². The fourth-order valence-corrected chi connectivity index (χ4v) is 3.34. The molecule has 0 radical (unpaired) electrons. The van der Waals surface area contributed by atoms with Crippen LogP contribution in [0.3, 0.4) is 0 Å². The number of para-hydroxylation sites is 1. The van der Waals surface area contributed by atoms with Crippen LogP contribution in [-0.2, 0) is 11.2 Å². The molecule has 0 fully saturated rings. The van der Waals surface area contributed by atoms with E-state index >= 15 is 0 Å². The van der Waals surface area contributed by atoms with Gasteiger partial charge in [0.05, 0.1) is 23.8 Å². The number of aromatic nitrogens is 1. The predicted octanol–water partition coefficient (Wildman–Crippen LogP) is 2.86. The summed E-state index contributed by atoms with van der Waals surface area (Å²) in [6.45, 7) is 0.223. The molecule has 0 N–H and O–H groups in total. The molecule has 0 spiro atoms. The van der Waals surface area contributed by atoms with Gasteiger partial charge in [-0.15, -0.1) is 0 Å². The maximum absolute atomic E-state index is 12.5. The molecule has 0 bridgehead atoms. The fourth-order valence-electron chi connectivity index (χ4n) is 3.34. The van der Waals surface area contributed by atoms with E-state index in [0.29, 0.717) is 23.1 Å². The van der Waals surface area contributed by atoms with Crippen LogP contribution in [0, 0.1) is 0 Å². The van der Waals surface area contributed by atoms with Gasteiger partial charge in [0.1, 0.15) is 5.69 Å². The van der Waals surface area contributed by atoms with Crippen LogP contribution >= 0.6 is 0 Å². The SMILES string of the molecule is COC(=O)c1cc(CCN2C(=O)c3ccccc3C2=O)c2ccccc2n1. The van der Waals surface area contributed by atoms with Crippen LogP contribution in [0.15, 0.2) is 54.6 Å². The van der Waals surface area contributed by atoms with Crippen molar-refractivity contribution in [2.45, 2.75) is 6.42 Å². The van der Waals surface area contributed by atoms with Crippen molar-refractivity contribution in [3.8, 4) is 0 Å². The topological polar surface area (TPSA) is 76.6 Å². The van der Waals surface area contributed by atoms with E-state index in [0.717, 1.165) is 10.9 Å². The summed E-state index contributed by atoms with van der Waals surface area (Å²) in [7, 11) is 1.30. The highest BCUT2D eigenvalue weighted by Crippen LogP contribution is 2.24. The minimum absolute atomic E-state index is 0.202. The Kier molecular flexibility index (Phi) is 4.16. The number of pyridine rings is 1. The van der Waals surface area contributed by atoms with Crippen molar-refractivity contribution in [2.24, 2.45) is 0 Å². The minimum atomic E-state index is -0.525. The quantitative estimate of drug-likeness (QED) is 0.528. The van der Waals surface area contributed by atoms with Crippen molar-refractivity contribution in [1.82, 2.24) is 9.88 Å². The Morgan fingerprint density at radius 2 is 1.63 bits per heavy atom. The van der Waals surface area contributed by atoms with E-state index < -0.39 is 5.97 Å². The van der Waals surface area contributed by atoms with Gasteiger partial charge < -0.3 is 4.74 Å². The van der Waals surface area contributed by atoms with E-state index in [2.05, 4.69) is 4.98 Å². The molecule has 27 heavy (non-hydrogen) atoms. The van der Waals surface area contributed by atoms with Gasteiger partial charge in [-0.3, -0.25) is 14.5 Å². The fraction of sp³-hybridized carbons (Fsp3) is 0.143. The number of nitrogens with zero attached hydrogens (tertiary/aromatic N) is 2. The Bertz CT molecular complexity index is 1060. The molecule has 2 amide bonds. The molecule has 0 saturated heterocycles. The largest absolute Gasteiger partial charge is 0.464 e. The molecule has 0 unspecified atom stereocenters. The molecule has 1 aromatic heterocycles. The van der Waals surface area contributed by atoms with Gasteiger partial charge in [-0.05, 0) is 36.2 Å². The van der Waals surface area contributed by atoms with Crippen LogP contribution in [0.5, 0.6) is 0 Å². The van der Waals surface area contributed by atoms with Crippen LogP contribution < -0.4 is 0 Å². The number of fused-ring (bicyclic) bond motifs is 2. The average molecular weight is 360 g/mol. The third-order valence-electron chi connectivity index (χ3n) is 4.68. The first kappa shape index (κ1) is 16.9. The minimum Gasteiger partial charge on any atom is -0.464 e. The van der Waals surface area contributed by atoms with Crippen molar-refractivity contribution < 1.29 is 19.1 Å². The molecule has 0 saturated carbocycles. The monoisotopic (exact) mass is 360 g/mol. The van der Waals surface area contributed by atoms with Gasteiger partial charge in [-0.25, -0.2) is 9.78 Å². The Labute approximate surface area is 155 Å². The molecule has 0 aliphatic carbocycles. The zero-order valence-corrected chi connectivity index (χ0v) is 14.6. The molecule has 1 aliphatic rings. The summed E-state index contributed by atoms with van der Waals surface area (Å²) in [5, 5.41) is 0.877. The lowest BCUT2D eigenvalue weighted by atomic mass is 10.0. The Morgan fingerprint density at radius 3 is 2.30 bits per heavy atom. The molecule has 134 valence electrons. The maximum Gasteiger partial charge on any atom is 0.356 e. The van der Waals surface area contributed by atoms with Crippen LogP contribution in [0.1, 0.15) is 36.8 Å². The van der Waals surface area contributed by atoms with E-state index in [9.17, 15) is 14.4 Å². The summed E-state index contributed by atoms with van der Waals surface area (Å²) in [6, 6.07) is 15.9. The molecule has 4 rings (SSSR count). The lowest BCUT2D eigenvalue weighted by Crippen LogP contribution is -2.31. The number of ether oxygens (including phenoxy) is 1. The number of rotatable bonds is 4. The second-order valence-electron chi connectivity index (χ2n) is 6.23. The molecule has 6 nitrogen and oxygen atoms in total. The Hall–Kier alpha value is -3.54. The summed E-state index contributed by atoms with van der Waals surface area (Å²) in [4.78, 5) is 42.6. The van der Waals surface area contributed by atoms with E-state index in [1.807, 2.05) is 24.3 Å². The smallest absolute Gasteiger partial charge is 0.356 e. The number of hydrogen-bond donors (Lipinski definition) is 0. The molecular weight excluding hydrogens is 344 g/mol. The predicted molar refractivity (Wildman–Crippen MR) is 98.6 cm³/mol. The van der Waals surface area contributed by atoms with E-state index in [4.69, 9.17) is 4.74 Å². The number of methoxy groups -OCH3 is 1. The van der Waals surface area contributed by atoms with Gasteiger partial charge in [-0.2, -0.15) is 0 Å². The second-order valence-corrected chi connectivity index (χ2v) is 6.23. The second kappa shape index (κ2) is 6.64. The highest BCUT2D eigenvalue weighted by atomic mass is 16.5. The summed E-state index contributed by atoms with van der Waals surface area (Å²) >= 11 is 0. The zero-order valence-electron chi connectivity index (χ0n) is 14.6. The molecule has 1 aliphatic heterocycles. The average Bonchev–Trinajstić information content (AvgIpc) is 2.95. The number of esters is 1. The highest BCUT2D eigenvalue weighted by molar-refractivity contribution is 6.21. The van der Waals surface area contributed by atoms with Crippen molar-refractivity contribution in [2.75, 3.05) is 13.7 Å². The summed E-state index contributed by atoms with van der Waals surface area (Å²) < 4.78 is 4.77. The first-order valence-electron chi connectivity index (χ1n) is 8.52. The van der Waals surface area contributed by atoms with E-state index in [1.165, 1.54) is 12.0 Å². The maximum atomic E-state index is 12.5. The summed E-state index contributed by atoms with van der Waals surface area (Å²) in [6.07, 6.45) is 0.415. The van der Waals surface area contributed by atoms with Crippen LogP contribution in [0.4, 0.5) is 0 Å². The molecule has 6 heteroatoms. The first-order chi connectivity index (χ1) is 13.1. The third-order valence-corrected chi connectivity index (χ3v) is 4.68. The molecule has 3 aromatic rings. The van der Waals surface area contributed by atoms with Gasteiger partial charge in [0.2, 0.25) is 0 Å². The zero-order chi connectivity index (χ0) is 19.0. The first-order valence-corrected chi connectivity index (χ1v) is 8.52. The van der Waals surface area contributed by atoms with Crippen LogP contribution in [0.25, 0.3) is 10.9 Å². The number of imide groups is 1. The lowest BCUT2D eigenvalue weighted by Gasteiger charge is -2.15. The Morgan fingerprint density at radius 1 is 1.00 bits per heavy atom. The van der Waals surface area contributed by atoms with Crippen molar-refractivity contribution in [3.63, 3.8) is 0 Å². The molecule has 2 aromatic carbocycles. The van der Waals surface area contributed by atoms with Crippen LogP contribution in [0.2, 0.25) is 0 Å². The highest BCUT2D eigenvalue weighted by Gasteiger charge is 2.34. The molecule has 2 heterocycles. The lowest BCUT2D eigenvalue weighted by molar-refractivity contribution is 0.0591. The van der Waals surface area contributed by atoms with Gasteiger partial charge in [0, 0.05) is 11.9 Å². The van der Waals surface area contributed by atoms with Gasteiger partial charge in [0.25, 0.3) is 11.8 Å². The number of amides is 2. The van der Waals surface area contributed by atoms with Gasteiger partial charge >= 0.3 is 5.97 Å². The number of carbonyl (C=O) groups is 3. The molecule has 0 atom stereocenters. The number of carbonyl (C=O) groups excluding carboxylic acids is 3. The van der Waals surface area contributed by atoms with Crippen molar-refractivity contribution in [1.29, 1.82) is 0 Å². The van der Waals surface area contributed by atoms with Gasteiger partial charge in [0.15, 0.2) is 0 Å². The van der Waals surface area contributed by atoms with E-state index in [-0.39, 0.29) is 24.1 Å².